The topological polar surface area (TPSA) is 35.5 Å². The Hall–Kier alpha value is -1.78. The van der Waals surface area contributed by atoms with Gasteiger partial charge in [-0.3, -0.25) is 4.79 Å². The number of esters is 1. The first-order chi connectivity index (χ1) is 10.8. The first-order valence-corrected chi connectivity index (χ1v) is 8.28. The van der Waals surface area contributed by atoms with Crippen molar-refractivity contribution in [3.8, 4) is 0 Å². The summed E-state index contributed by atoms with van der Waals surface area (Å²) in [6.45, 7) is 0.599. The third-order valence-corrected chi connectivity index (χ3v) is 5.15. The lowest BCUT2D eigenvalue weighted by Crippen LogP contribution is -2.49. The molecule has 3 nitrogen and oxygen atoms in total. The first kappa shape index (κ1) is 15.1. The van der Waals surface area contributed by atoms with Crippen LogP contribution < -0.4 is 0 Å². The summed E-state index contributed by atoms with van der Waals surface area (Å²) in [5.41, 5.74) is 1.14. The van der Waals surface area contributed by atoms with Crippen LogP contribution in [0.15, 0.2) is 60.7 Å². The van der Waals surface area contributed by atoms with Crippen LogP contribution in [0.5, 0.6) is 0 Å². The highest BCUT2D eigenvalue weighted by Crippen LogP contribution is 2.45. The molecule has 0 bridgehead atoms. The van der Waals surface area contributed by atoms with Crippen LogP contribution in [-0.4, -0.2) is 30.7 Å². The van der Waals surface area contributed by atoms with Gasteiger partial charge >= 0.3 is 5.97 Å². The van der Waals surface area contributed by atoms with Gasteiger partial charge in [0.2, 0.25) is 0 Å². The number of methoxy groups -OCH3 is 1. The van der Waals surface area contributed by atoms with E-state index in [0.29, 0.717) is 6.61 Å². The fourth-order valence-corrected chi connectivity index (χ4v) is 4.13. The second-order valence-corrected chi connectivity index (χ2v) is 6.30. The highest BCUT2D eigenvalue weighted by molar-refractivity contribution is 8.00. The number of carbonyl (C=O) groups is 1. The molecule has 1 atom stereocenters. The molecule has 0 aliphatic carbocycles. The van der Waals surface area contributed by atoms with Gasteiger partial charge in [-0.1, -0.05) is 60.7 Å². The zero-order chi connectivity index (χ0) is 15.4. The van der Waals surface area contributed by atoms with Crippen LogP contribution in [0.1, 0.15) is 11.1 Å². The summed E-state index contributed by atoms with van der Waals surface area (Å²) < 4.78 is 11.3. The lowest BCUT2D eigenvalue weighted by Gasteiger charge is -2.42. The average Bonchev–Trinajstić information content (AvgIpc) is 2.62. The molecule has 1 fully saturated rings. The van der Waals surface area contributed by atoms with Crippen molar-refractivity contribution < 1.29 is 14.3 Å². The molecule has 1 saturated heterocycles. The van der Waals surface area contributed by atoms with Crippen molar-refractivity contribution in [1.82, 2.24) is 0 Å². The van der Waals surface area contributed by atoms with E-state index in [2.05, 4.69) is 0 Å². The van der Waals surface area contributed by atoms with Crippen molar-refractivity contribution in [1.29, 1.82) is 0 Å². The molecule has 114 valence electrons. The predicted molar refractivity (Wildman–Crippen MR) is 87.9 cm³/mol. The van der Waals surface area contributed by atoms with E-state index in [4.69, 9.17) is 9.47 Å². The SMILES string of the molecule is COC(=O)C1SCCOC1(c1ccccc1)c1ccccc1. The van der Waals surface area contributed by atoms with E-state index < -0.39 is 10.9 Å². The van der Waals surface area contributed by atoms with Crippen LogP contribution in [0.3, 0.4) is 0 Å². The van der Waals surface area contributed by atoms with Crippen molar-refractivity contribution in [2.75, 3.05) is 19.5 Å². The van der Waals surface area contributed by atoms with E-state index in [-0.39, 0.29) is 5.97 Å². The van der Waals surface area contributed by atoms with Gasteiger partial charge in [0.1, 0.15) is 10.9 Å². The quantitative estimate of drug-likeness (QED) is 0.815. The monoisotopic (exact) mass is 314 g/mol. The van der Waals surface area contributed by atoms with Gasteiger partial charge < -0.3 is 9.47 Å². The molecule has 0 saturated carbocycles. The van der Waals surface area contributed by atoms with E-state index in [1.165, 1.54) is 7.11 Å². The van der Waals surface area contributed by atoms with Crippen LogP contribution in [0.4, 0.5) is 0 Å². The largest absolute Gasteiger partial charge is 0.468 e. The third-order valence-electron chi connectivity index (χ3n) is 3.89. The minimum atomic E-state index is -0.807. The molecular formula is C18H18O3S. The zero-order valence-corrected chi connectivity index (χ0v) is 13.2. The number of ether oxygens (including phenoxy) is 2. The smallest absolute Gasteiger partial charge is 0.322 e. The Labute approximate surface area is 134 Å². The molecule has 1 unspecified atom stereocenters. The zero-order valence-electron chi connectivity index (χ0n) is 12.4. The summed E-state index contributed by atoms with van der Waals surface area (Å²) in [6.07, 6.45) is 0. The number of hydrogen-bond donors (Lipinski definition) is 0. The molecule has 0 spiro atoms. The average molecular weight is 314 g/mol. The van der Waals surface area contributed by atoms with Crippen molar-refractivity contribution in [2.24, 2.45) is 0 Å². The lowest BCUT2D eigenvalue weighted by atomic mass is 9.82. The van der Waals surface area contributed by atoms with Gasteiger partial charge in [-0.15, -0.1) is 11.8 Å². The van der Waals surface area contributed by atoms with E-state index in [9.17, 15) is 4.79 Å². The maximum atomic E-state index is 12.4. The first-order valence-electron chi connectivity index (χ1n) is 7.23. The Morgan fingerprint density at radius 3 is 2.14 bits per heavy atom. The fraction of sp³-hybridized carbons (Fsp3) is 0.278. The Bertz CT molecular complexity index is 588. The minimum absolute atomic E-state index is 0.252. The molecule has 1 aliphatic rings. The molecule has 0 amide bonds. The van der Waals surface area contributed by atoms with Gasteiger partial charge in [-0.05, 0) is 11.1 Å². The Kier molecular flexibility index (Phi) is 4.50. The summed E-state index contributed by atoms with van der Waals surface area (Å²) in [7, 11) is 1.43. The van der Waals surface area contributed by atoms with Crippen molar-refractivity contribution in [3.63, 3.8) is 0 Å². The van der Waals surface area contributed by atoms with Crippen molar-refractivity contribution >= 4 is 17.7 Å². The molecule has 2 aromatic carbocycles. The summed E-state index contributed by atoms with van der Waals surface area (Å²) in [5, 5.41) is -0.420. The van der Waals surface area contributed by atoms with E-state index in [0.717, 1.165) is 16.9 Å². The van der Waals surface area contributed by atoms with Gasteiger partial charge in [-0.25, -0.2) is 0 Å². The third kappa shape index (κ3) is 2.53. The number of thioether (sulfide) groups is 1. The predicted octanol–water partition coefficient (Wildman–Crippen LogP) is 3.24. The Morgan fingerprint density at radius 1 is 1.09 bits per heavy atom. The van der Waals surface area contributed by atoms with E-state index in [1.807, 2.05) is 60.7 Å². The number of hydrogen-bond acceptors (Lipinski definition) is 4. The van der Waals surface area contributed by atoms with Crippen LogP contribution in [0, 0.1) is 0 Å². The molecule has 22 heavy (non-hydrogen) atoms. The van der Waals surface area contributed by atoms with Crippen molar-refractivity contribution in [2.45, 2.75) is 10.9 Å². The van der Waals surface area contributed by atoms with Gasteiger partial charge in [-0.2, -0.15) is 0 Å². The normalized spacial score (nSPS) is 20.3. The molecular weight excluding hydrogens is 296 g/mol. The maximum Gasteiger partial charge on any atom is 0.322 e. The van der Waals surface area contributed by atoms with Gasteiger partial charge in [0.05, 0.1) is 13.7 Å². The number of benzene rings is 2. The highest BCUT2D eigenvalue weighted by atomic mass is 32.2. The second-order valence-electron chi connectivity index (χ2n) is 5.09. The van der Waals surface area contributed by atoms with Gasteiger partial charge in [0.15, 0.2) is 0 Å². The highest BCUT2D eigenvalue weighted by Gasteiger charge is 2.50. The van der Waals surface area contributed by atoms with E-state index in [1.54, 1.807) is 11.8 Å². The summed E-state index contributed by atoms with van der Waals surface area (Å²) in [6, 6.07) is 19.8. The molecule has 2 aromatic rings. The minimum Gasteiger partial charge on any atom is -0.468 e. The molecule has 1 heterocycles. The molecule has 0 N–H and O–H groups in total. The summed E-state index contributed by atoms with van der Waals surface area (Å²) >= 11 is 1.59. The molecule has 0 radical (unpaired) electrons. The van der Waals surface area contributed by atoms with Gasteiger partial charge in [0, 0.05) is 5.75 Å². The molecule has 3 rings (SSSR count). The van der Waals surface area contributed by atoms with E-state index >= 15 is 0 Å². The Morgan fingerprint density at radius 2 is 1.64 bits per heavy atom. The van der Waals surface area contributed by atoms with Crippen LogP contribution in [0.25, 0.3) is 0 Å². The Balaban J connectivity index is 2.20. The lowest BCUT2D eigenvalue weighted by molar-refractivity contribution is -0.146. The number of rotatable bonds is 3. The fourth-order valence-electron chi connectivity index (χ4n) is 2.91. The number of carbonyl (C=O) groups excluding carboxylic acids is 1. The molecule has 4 heteroatoms. The van der Waals surface area contributed by atoms with Crippen LogP contribution >= 0.6 is 11.8 Å². The second kappa shape index (κ2) is 6.55. The maximum absolute atomic E-state index is 12.4. The standard InChI is InChI=1S/C18H18O3S/c1-20-17(19)16-18(21-12-13-22-16,14-8-4-2-5-9-14)15-10-6-3-7-11-15/h2-11,16H,12-13H2,1H3. The van der Waals surface area contributed by atoms with Crippen molar-refractivity contribution in [3.05, 3.63) is 71.8 Å². The summed E-state index contributed by atoms with van der Waals surface area (Å²) in [5.74, 6) is 0.527. The molecule has 1 aliphatic heterocycles. The van der Waals surface area contributed by atoms with Crippen LogP contribution in [-0.2, 0) is 19.9 Å². The molecule has 0 aromatic heterocycles. The summed E-state index contributed by atoms with van der Waals surface area (Å²) in [4.78, 5) is 12.4. The van der Waals surface area contributed by atoms with Crippen LogP contribution in [0.2, 0.25) is 0 Å². The van der Waals surface area contributed by atoms with Gasteiger partial charge in [0.25, 0.3) is 0 Å².